The Bertz CT molecular complexity index is 905. The van der Waals surface area contributed by atoms with Crippen LogP contribution in [0.5, 0.6) is 0 Å². The van der Waals surface area contributed by atoms with Crippen LogP contribution in [0.1, 0.15) is 10.5 Å². The van der Waals surface area contributed by atoms with Crippen molar-refractivity contribution in [1.29, 1.82) is 0 Å². The molecule has 3 aromatic rings. The number of carbonyl (C=O) groups is 1. The molecule has 2 aromatic carbocycles. The Kier molecular flexibility index (Phi) is 4.01. The second-order valence-electron chi connectivity index (χ2n) is 6.00. The summed E-state index contributed by atoms with van der Waals surface area (Å²) in [4.78, 5) is 25.4. The topological polar surface area (TPSA) is 49.3 Å². The first-order valence-electron chi connectivity index (χ1n) is 8.22. The lowest BCUT2D eigenvalue weighted by atomic mass is 10.2. The second kappa shape index (κ2) is 6.47. The summed E-state index contributed by atoms with van der Waals surface area (Å²) in [6.45, 7) is 2.62. The number of piperazine rings is 1. The highest BCUT2D eigenvalue weighted by atomic mass is 19.1. The molecule has 0 aliphatic carbocycles. The van der Waals surface area contributed by atoms with Gasteiger partial charge in [-0.05, 0) is 36.4 Å². The highest BCUT2D eigenvalue weighted by Gasteiger charge is 2.23. The van der Waals surface area contributed by atoms with Crippen LogP contribution in [0.2, 0.25) is 0 Å². The molecule has 25 heavy (non-hydrogen) atoms. The summed E-state index contributed by atoms with van der Waals surface area (Å²) in [7, 11) is 0. The molecule has 1 amide bonds. The van der Waals surface area contributed by atoms with Gasteiger partial charge in [-0.3, -0.25) is 9.78 Å². The van der Waals surface area contributed by atoms with Gasteiger partial charge in [-0.15, -0.1) is 0 Å². The number of amides is 1. The smallest absolute Gasteiger partial charge is 0.274 e. The van der Waals surface area contributed by atoms with Gasteiger partial charge >= 0.3 is 0 Å². The van der Waals surface area contributed by atoms with Crippen molar-refractivity contribution in [2.24, 2.45) is 0 Å². The van der Waals surface area contributed by atoms with Crippen LogP contribution in [0.15, 0.2) is 54.7 Å². The Morgan fingerprint density at radius 2 is 1.60 bits per heavy atom. The molecule has 0 spiro atoms. The van der Waals surface area contributed by atoms with E-state index in [4.69, 9.17) is 0 Å². The van der Waals surface area contributed by atoms with Gasteiger partial charge < -0.3 is 9.80 Å². The minimum Gasteiger partial charge on any atom is -0.368 e. The largest absolute Gasteiger partial charge is 0.368 e. The molecule has 0 atom stereocenters. The molecule has 0 bridgehead atoms. The van der Waals surface area contributed by atoms with E-state index in [1.807, 2.05) is 24.3 Å². The monoisotopic (exact) mass is 336 g/mol. The lowest BCUT2D eigenvalue weighted by molar-refractivity contribution is 0.0741. The van der Waals surface area contributed by atoms with Crippen molar-refractivity contribution in [3.63, 3.8) is 0 Å². The molecule has 0 N–H and O–H groups in total. The Labute approximate surface area is 144 Å². The van der Waals surface area contributed by atoms with Crippen LogP contribution in [0.25, 0.3) is 11.0 Å². The number of hydrogen-bond acceptors (Lipinski definition) is 4. The number of aromatic nitrogens is 2. The van der Waals surface area contributed by atoms with Gasteiger partial charge in [0.1, 0.15) is 11.5 Å². The van der Waals surface area contributed by atoms with E-state index in [9.17, 15) is 9.18 Å². The third kappa shape index (κ3) is 3.15. The molecule has 0 radical (unpaired) electrons. The van der Waals surface area contributed by atoms with Crippen LogP contribution in [-0.2, 0) is 0 Å². The number of anilines is 1. The summed E-state index contributed by atoms with van der Waals surface area (Å²) >= 11 is 0. The Morgan fingerprint density at radius 1 is 0.920 bits per heavy atom. The summed E-state index contributed by atoms with van der Waals surface area (Å²) in [5, 5.41) is 0. The van der Waals surface area contributed by atoms with Crippen LogP contribution in [0, 0.1) is 5.82 Å². The third-order valence-corrected chi connectivity index (χ3v) is 4.43. The van der Waals surface area contributed by atoms with Crippen molar-refractivity contribution in [1.82, 2.24) is 14.9 Å². The van der Waals surface area contributed by atoms with Crippen LogP contribution >= 0.6 is 0 Å². The number of fused-ring (bicyclic) bond motifs is 1. The standard InChI is InChI=1S/C19H17FN4O/c20-14-5-7-15(8-6-14)23-9-11-24(12-10-23)19(25)18-13-21-16-3-1-2-4-17(16)22-18/h1-8,13H,9-12H2. The van der Waals surface area contributed by atoms with Crippen LogP contribution in [0.3, 0.4) is 0 Å². The van der Waals surface area contributed by atoms with Gasteiger partial charge in [-0.1, -0.05) is 12.1 Å². The maximum Gasteiger partial charge on any atom is 0.274 e. The minimum atomic E-state index is -0.243. The molecule has 1 aliphatic heterocycles. The molecule has 1 saturated heterocycles. The summed E-state index contributed by atoms with van der Waals surface area (Å²) in [6, 6.07) is 13.9. The van der Waals surface area contributed by atoms with Crippen molar-refractivity contribution in [3.05, 3.63) is 66.2 Å². The summed E-state index contributed by atoms with van der Waals surface area (Å²) < 4.78 is 13.0. The molecular weight excluding hydrogens is 319 g/mol. The van der Waals surface area contributed by atoms with Gasteiger partial charge in [0.2, 0.25) is 0 Å². The summed E-state index contributed by atoms with van der Waals surface area (Å²) in [5.41, 5.74) is 2.84. The zero-order valence-electron chi connectivity index (χ0n) is 13.6. The Morgan fingerprint density at radius 3 is 2.32 bits per heavy atom. The van der Waals surface area contributed by atoms with E-state index in [0.29, 0.717) is 31.9 Å². The first-order valence-corrected chi connectivity index (χ1v) is 8.22. The molecule has 5 nitrogen and oxygen atoms in total. The fraction of sp³-hybridized carbons (Fsp3) is 0.211. The number of carbonyl (C=O) groups excluding carboxylic acids is 1. The number of nitrogens with zero attached hydrogens (tertiary/aromatic N) is 4. The van der Waals surface area contributed by atoms with Crippen molar-refractivity contribution in [2.45, 2.75) is 0 Å². The van der Waals surface area contributed by atoms with Crippen LogP contribution in [-0.4, -0.2) is 47.0 Å². The number of benzene rings is 2. The lowest BCUT2D eigenvalue weighted by Crippen LogP contribution is -2.49. The zero-order chi connectivity index (χ0) is 17.2. The fourth-order valence-electron chi connectivity index (χ4n) is 3.04. The normalized spacial score (nSPS) is 14.8. The first-order chi connectivity index (χ1) is 12.2. The minimum absolute atomic E-state index is 0.1000. The SMILES string of the molecule is O=C(c1cnc2ccccc2n1)N1CCN(c2ccc(F)cc2)CC1. The quantitative estimate of drug-likeness (QED) is 0.722. The van der Waals surface area contributed by atoms with Crippen LogP contribution < -0.4 is 4.90 Å². The molecule has 4 rings (SSSR count). The number of halogens is 1. The van der Waals surface area contributed by atoms with E-state index in [0.717, 1.165) is 16.7 Å². The molecule has 1 aliphatic rings. The van der Waals surface area contributed by atoms with E-state index >= 15 is 0 Å². The van der Waals surface area contributed by atoms with Crippen molar-refractivity contribution >= 4 is 22.6 Å². The third-order valence-electron chi connectivity index (χ3n) is 4.43. The maximum absolute atomic E-state index is 13.0. The molecule has 1 aromatic heterocycles. The molecular formula is C19H17FN4O. The predicted molar refractivity (Wildman–Crippen MR) is 94.1 cm³/mol. The zero-order valence-corrected chi connectivity index (χ0v) is 13.6. The summed E-state index contributed by atoms with van der Waals surface area (Å²) in [5.74, 6) is -0.343. The highest BCUT2D eigenvalue weighted by Crippen LogP contribution is 2.18. The number of rotatable bonds is 2. The average molecular weight is 336 g/mol. The fourth-order valence-corrected chi connectivity index (χ4v) is 3.04. The van der Waals surface area contributed by atoms with E-state index < -0.39 is 0 Å². The van der Waals surface area contributed by atoms with E-state index in [1.54, 1.807) is 17.0 Å². The van der Waals surface area contributed by atoms with Gasteiger partial charge in [0, 0.05) is 31.9 Å². The van der Waals surface area contributed by atoms with Crippen molar-refractivity contribution in [2.75, 3.05) is 31.1 Å². The maximum atomic E-state index is 13.0. The molecule has 0 saturated carbocycles. The van der Waals surface area contributed by atoms with E-state index in [1.165, 1.54) is 18.3 Å². The van der Waals surface area contributed by atoms with Gasteiger partial charge in [0.25, 0.3) is 5.91 Å². The van der Waals surface area contributed by atoms with Crippen molar-refractivity contribution < 1.29 is 9.18 Å². The van der Waals surface area contributed by atoms with Gasteiger partial charge in [-0.2, -0.15) is 0 Å². The first kappa shape index (κ1) is 15.5. The Balaban J connectivity index is 1.46. The highest BCUT2D eigenvalue weighted by molar-refractivity contribution is 5.94. The number of para-hydroxylation sites is 2. The van der Waals surface area contributed by atoms with Gasteiger partial charge in [-0.25, -0.2) is 9.37 Å². The van der Waals surface area contributed by atoms with E-state index in [-0.39, 0.29) is 11.7 Å². The molecule has 2 heterocycles. The lowest BCUT2D eigenvalue weighted by Gasteiger charge is -2.36. The van der Waals surface area contributed by atoms with Crippen LogP contribution in [0.4, 0.5) is 10.1 Å². The second-order valence-corrected chi connectivity index (χ2v) is 6.00. The van der Waals surface area contributed by atoms with E-state index in [2.05, 4.69) is 14.9 Å². The molecule has 6 heteroatoms. The molecule has 126 valence electrons. The molecule has 0 unspecified atom stereocenters. The van der Waals surface area contributed by atoms with Gasteiger partial charge in [0.05, 0.1) is 17.2 Å². The Hall–Kier alpha value is -3.02. The average Bonchev–Trinajstić information content (AvgIpc) is 2.68. The van der Waals surface area contributed by atoms with Crippen molar-refractivity contribution in [3.8, 4) is 0 Å². The summed E-state index contributed by atoms with van der Waals surface area (Å²) in [6.07, 6.45) is 1.54. The molecule has 1 fully saturated rings. The predicted octanol–water partition coefficient (Wildman–Crippen LogP) is 2.73. The number of hydrogen-bond donors (Lipinski definition) is 0. The van der Waals surface area contributed by atoms with Gasteiger partial charge in [0.15, 0.2) is 0 Å².